The highest BCUT2D eigenvalue weighted by molar-refractivity contribution is 7.97. The Bertz CT molecular complexity index is 915. The van der Waals surface area contributed by atoms with Crippen molar-refractivity contribution in [1.29, 1.82) is 5.26 Å². The standard InChI is InChI=1S/C22H18N2OS/c23-14-19-6-4-5-7-20(19)16-26-15-17-10-12-18(13-11-17)22(25)24-21-8-2-1-3-9-21/h1-13H,15-16H2,(H,24,25). The molecule has 3 nitrogen and oxygen atoms in total. The second kappa shape index (κ2) is 8.89. The van der Waals surface area contributed by atoms with Crippen molar-refractivity contribution in [3.05, 3.63) is 101 Å². The van der Waals surface area contributed by atoms with Gasteiger partial charge in [0.15, 0.2) is 0 Å². The number of para-hydroxylation sites is 1. The van der Waals surface area contributed by atoms with Crippen LogP contribution in [0, 0.1) is 11.3 Å². The van der Waals surface area contributed by atoms with Gasteiger partial charge in [-0.2, -0.15) is 17.0 Å². The lowest BCUT2D eigenvalue weighted by atomic mass is 10.1. The van der Waals surface area contributed by atoms with E-state index in [2.05, 4.69) is 11.4 Å². The molecule has 1 amide bonds. The van der Waals surface area contributed by atoms with Crippen LogP contribution in [0.1, 0.15) is 27.0 Å². The molecule has 0 atom stereocenters. The lowest BCUT2D eigenvalue weighted by molar-refractivity contribution is 0.102. The number of anilines is 1. The Morgan fingerprint density at radius 1 is 0.885 bits per heavy atom. The lowest BCUT2D eigenvalue weighted by Crippen LogP contribution is -2.11. The molecule has 0 aliphatic heterocycles. The predicted octanol–water partition coefficient (Wildman–Crippen LogP) is 5.24. The quantitative estimate of drug-likeness (QED) is 0.655. The Kier molecular flexibility index (Phi) is 6.08. The average molecular weight is 358 g/mol. The maximum absolute atomic E-state index is 12.2. The molecule has 3 aromatic rings. The molecule has 1 N–H and O–H groups in total. The number of carbonyl (C=O) groups excluding carboxylic acids is 1. The third-order valence-corrected chi connectivity index (χ3v) is 4.96. The summed E-state index contributed by atoms with van der Waals surface area (Å²) in [5, 5.41) is 12.0. The van der Waals surface area contributed by atoms with E-state index in [1.54, 1.807) is 11.8 Å². The summed E-state index contributed by atoms with van der Waals surface area (Å²) in [4.78, 5) is 12.2. The highest BCUT2D eigenvalue weighted by atomic mass is 32.2. The van der Waals surface area contributed by atoms with Gasteiger partial charge in [-0.3, -0.25) is 4.79 Å². The first-order chi connectivity index (χ1) is 12.8. The van der Waals surface area contributed by atoms with E-state index in [-0.39, 0.29) is 5.91 Å². The minimum atomic E-state index is -0.113. The van der Waals surface area contributed by atoms with E-state index in [4.69, 9.17) is 5.26 Å². The van der Waals surface area contributed by atoms with Crippen molar-refractivity contribution in [3.8, 4) is 6.07 Å². The van der Waals surface area contributed by atoms with Gasteiger partial charge in [-0.1, -0.05) is 48.5 Å². The van der Waals surface area contributed by atoms with Gasteiger partial charge in [0.25, 0.3) is 5.91 Å². The van der Waals surface area contributed by atoms with Crippen LogP contribution >= 0.6 is 11.8 Å². The largest absolute Gasteiger partial charge is 0.322 e. The first-order valence-electron chi connectivity index (χ1n) is 8.27. The van der Waals surface area contributed by atoms with E-state index < -0.39 is 0 Å². The topological polar surface area (TPSA) is 52.9 Å². The van der Waals surface area contributed by atoms with E-state index >= 15 is 0 Å². The molecule has 0 saturated heterocycles. The number of amides is 1. The minimum Gasteiger partial charge on any atom is -0.322 e. The van der Waals surface area contributed by atoms with Gasteiger partial charge >= 0.3 is 0 Å². The number of benzene rings is 3. The van der Waals surface area contributed by atoms with Crippen molar-refractivity contribution in [1.82, 2.24) is 0 Å². The van der Waals surface area contributed by atoms with Crippen molar-refractivity contribution in [2.45, 2.75) is 11.5 Å². The molecule has 26 heavy (non-hydrogen) atoms. The van der Waals surface area contributed by atoms with Gasteiger partial charge in [-0.25, -0.2) is 0 Å². The van der Waals surface area contributed by atoms with Gasteiger partial charge in [0.05, 0.1) is 11.6 Å². The van der Waals surface area contributed by atoms with Crippen molar-refractivity contribution in [3.63, 3.8) is 0 Å². The van der Waals surface area contributed by atoms with Crippen LogP contribution in [-0.4, -0.2) is 5.91 Å². The van der Waals surface area contributed by atoms with Crippen LogP contribution in [0.5, 0.6) is 0 Å². The van der Waals surface area contributed by atoms with E-state index in [0.717, 1.165) is 33.9 Å². The van der Waals surface area contributed by atoms with Crippen molar-refractivity contribution < 1.29 is 4.79 Å². The number of carbonyl (C=O) groups is 1. The fraction of sp³-hybridized carbons (Fsp3) is 0.0909. The predicted molar refractivity (Wildman–Crippen MR) is 107 cm³/mol. The normalized spacial score (nSPS) is 10.1. The van der Waals surface area contributed by atoms with Crippen molar-refractivity contribution in [2.24, 2.45) is 0 Å². The Hall–Kier alpha value is -3.03. The SMILES string of the molecule is N#Cc1ccccc1CSCc1ccc(C(=O)Nc2ccccc2)cc1. The second-order valence-electron chi connectivity index (χ2n) is 5.78. The van der Waals surface area contributed by atoms with Gasteiger partial charge in [0.2, 0.25) is 0 Å². The molecule has 0 bridgehead atoms. The summed E-state index contributed by atoms with van der Waals surface area (Å²) in [6.45, 7) is 0. The molecule has 0 aliphatic rings. The summed E-state index contributed by atoms with van der Waals surface area (Å²) in [6.07, 6.45) is 0. The molecule has 0 fully saturated rings. The first kappa shape index (κ1) is 17.8. The maximum atomic E-state index is 12.2. The average Bonchev–Trinajstić information content (AvgIpc) is 2.69. The number of rotatable bonds is 6. The highest BCUT2D eigenvalue weighted by Gasteiger charge is 2.06. The van der Waals surface area contributed by atoms with Crippen LogP contribution in [0.15, 0.2) is 78.9 Å². The van der Waals surface area contributed by atoms with Gasteiger partial charge in [0, 0.05) is 22.8 Å². The Morgan fingerprint density at radius 2 is 1.58 bits per heavy atom. The van der Waals surface area contributed by atoms with Gasteiger partial charge < -0.3 is 5.32 Å². The molecule has 0 radical (unpaired) electrons. The zero-order valence-corrected chi connectivity index (χ0v) is 15.0. The van der Waals surface area contributed by atoms with Crippen molar-refractivity contribution in [2.75, 3.05) is 5.32 Å². The summed E-state index contributed by atoms with van der Waals surface area (Å²) in [5.74, 6) is 1.51. The van der Waals surface area contributed by atoms with Crippen molar-refractivity contribution >= 4 is 23.4 Å². The highest BCUT2D eigenvalue weighted by Crippen LogP contribution is 2.20. The van der Waals surface area contributed by atoms with E-state index in [0.29, 0.717) is 5.56 Å². The fourth-order valence-corrected chi connectivity index (χ4v) is 3.51. The number of nitrogens with zero attached hydrogens (tertiary/aromatic N) is 1. The monoisotopic (exact) mass is 358 g/mol. The van der Waals surface area contributed by atoms with Gasteiger partial charge in [0.1, 0.15) is 0 Å². The summed E-state index contributed by atoms with van der Waals surface area (Å²) >= 11 is 1.75. The summed E-state index contributed by atoms with van der Waals surface area (Å²) < 4.78 is 0. The lowest BCUT2D eigenvalue weighted by Gasteiger charge is -2.07. The molecule has 0 saturated carbocycles. The molecule has 0 unspecified atom stereocenters. The van der Waals surface area contributed by atoms with Gasteiger partial charge in [-0.15, -0.1) is 0 Å². The Morgan fingerprint density at radius 3 is 2.31 bits per heavy atom. The molecular formula is C22H18N2OS. The molecule has 0 heterocycles. The van der Waals surface area contributed by atoms with Gasteiger partial charge in [-0.05, 0) is 41.5 Å². The number of nitrogens with one attached hydrogen (secondary N) is 1. The molecule has 128 valence electrons. The van der Waals surface area contributed by atoms with Crippen LogP contribution < -0.4 is 5.32 Å². The minimum absolute atomic E-state index is 0.113. The summed E-state index contributed by atoms with van der Waals surface area (Å²) in [7, 11) is 0. The zero-order chi connectivity index (χ0) is 18.2. The van der Waals surface area contributed by atoms with E-state index in [1.165, 1.54) is 0 Å². The summed E-state index contributed by atoms with van der Waals surface area (Å²) in [5.41, 5.74) is 4.36. The van der Waals surface area contributed by atoms with E-state index in [1.807, 2.05) is 78.9 Å². The molecule has 3 rings (SSSR count). The Labute approximate surface area is 157 Å². The van der Waals surface area contributed by atoms with Crippen LogP contribution in [0.25, 0.3) is 0 Å². The molecule has 0 spiro atoms. The number of hydrogen-bond donors (Lipinski definition) is 1. The second-order valence-corrected chi connectivity index (χ2v) is 6.76. The first-order valence-corrected chi connectivity index (χ1v) is 9.43. The number of nitriles is 1. The zero-order valence-electron chi connectivity index (χ0n) is 14.2. The molecular weight excluding hydrogens is 340 g/mol. The third-order valence-electron chi connectivity index (χ3n) is 3.91. The number of hydrogen-bond acceptors (Lipinski definition) is 3. The molecule has 3 aromatic carbocycles. The molecule has 0 aromatic heterocycles. The smallest absolute Gasteiger partial charge is 0.255 e. The van der Waals surface area contributed by atoms with Crippen LogP contribution in [0.4, 0.5) is 5.69 Å². The van der Waals surface area contributed by atoms with E-state index in [9.17, 15) is 4.79 Å². The number of thioether (sulfide) groups is 1. The molecule has 0 aliphatic carbocycles. The fourth-order valence-electron chi connectivity index (χ4n) is 2.51. The maximum Gasteiger partial charge on any atom is 0.255 e. The molecule has 4 heteroatoms. The van der Waals surface area contributed by atoms with Crippen LogP contribution in [0.2, 0.25) is 0 Å². The third kappa shape index (κ3) is 4.75. The summed E-state index contributed by atoms with van der Waals surface area (Å²) in [6, 6.07) is 27.0. The van der Waals surface area contributed by atoms with Crippen LogP contribution in [0.3, 0.4) is 0 Å². The van der Waals surface area contributed by atoms with Crippen LogP contribution in [-0.2, 0) is 11.5 Å². The Balaban J connectivity index is 1.54.